The van der Waals surface area contributed by atoms with Gasteiger partial charge in [-0.3, -0.25) is 4.57 Å². The third kappa shape index (κ3) is 3.60. The second-order valence-corrected chi connectivity index (χ2v) is 6.52. The van der Waals surface area contributed by atoms with Crippen molar-refractivity contribution < 1.29 is 5.11 Å². The van der Waals surface area contributed by atoms with Crippen LogP contribution in [-0.4, -0.2) is 26.0 Å². The highest BCUT2D eigenvalue weighted by atomic mass is 79.9. The van der Waals surface area contributed by atoms with Gasteiger partial charge in [0, 0.05) is 28.3 Å². The highest BCUT2D eigenvalue weighted by Crippen LogP contribution is 2.24. The minimum absolute atomic E-state index is 0.612. The molecule has 0 aliphatic heterocycles. The zero-order valence-electron chi connectivity index (χ0n) is 10.3. The highest BCUT2D eigenvalue weighted by Gasteiger charge is 2.15. The van der Waals surface area contributed by atoms with Gasteiger partial charge in [-0.25, -0.2) is 4.98 Å². The van der Waals surface area contributed by atoms with Crippen molar-refractivity contribution in [3.63, 3.8) is 0 Å². The standard InChI is InChI=1S/C13H15BrN2OS/c1-13(2,17)9-18-12-15-7-8-16(12)11-5-3-10(14)4-6-11/h3-8,17H,9H2,1-2H3. The topological polar surface area (TPSA) is 38.1 Å². The minimum atomic E-state index is -0.693. The largest absolute Gasteiger partial charge is 0.390 e. The molecule has 96 valence electrons. The summed E-state index contributed by atoms with van der Waals surface area (Å²) in [7, 11) is 0. The zero-order chi connectivity index (χ0) is 13.2. The molecular formula is C13H15BrN2OS. The molecule has 2 aromatic rings. The summed E-state index contributed by atoms with van der Waals surface area (Å²) in [4.78, 5) is 4.32. The van der Waals surface area contributed by atoms with Crippen molar-refractivity contribution in [2.45, 2.75) is 24.6 Å². The van der Waals surface area contributed by atoms with Crippen LogP contribution in [0.15, 0.2) is 46.3 Å². The maximum Gasteiger partial charge on any atom is 0.172 e. The van der Waals surface area contributed by atoms with E-state index in [1.165, 1.54) is 0 Å². The first kappa shape index (κ1) is 13.6. The normalized spacial score (nSPS) is 11.8. The van der Waals surface area contributed by atoms with Crippen molar-refractivity contribution in [2.24, 2.45) is 0 Å². The Bertz CT molecular complexity index is 517. The van der Waals surface area contributed by atoms with E-state index in [-0.39, 0.29) is 0 Å². The van der Waals surface area contributed by atoms with Gasteiger partial charge in [0.15, 0.2) is 5.16 Å². The van der Waals surface area contributed by atoms with Gasteiger partial charge >= 0.3 is 0 Å². The Morgan fingerprint density at radius 2 is 2.00 bits per heavy atom. The summed E-state index contributed by atoms with van der Waals surface area (Å²) in [6.07, 6.45) is 3.70. The maximum absolute atomic E-state index is 9.75. The monoisotopic (exact) mass is 326 g/mol. The first-order valence-electron chi connectivity index (χ1n) is 5.60. The molecule has 18 heavy (non-hydrogen) atoms. The van der Waals surface area contributed by atoms with Gasteiger partial charge < -0.3 is 5.11 Å². The summed E-state index contributed by atoms with van der Waals surface area (Å²) in [5.41, 5.74) is 0.371. The number of hydrogen-bond acceptors (Lipinski definition) is 3. The van der Waals surface area contributed by atoms with Crippen molar-refractivity contribution >= 4 is 27.7 Å². The summed E-state index contributed by atoms with van der Waals surface area (Å²) in [5, 5.41) is 10.6. The van der Waals surface area contributed by atoms with Crippen LogP contribution in [0.2, 0.25) is 0 Å². The predicted octanol–water partition coefficient (Wildman–Crippen LogP) is 3.50. The summed E-state index contributed by atoms with van der Waals surface area (Å²) < 4.78 is 3.07. The number of imidazole rings is 1. The Balaban J connectivity index is 2.20. The van der Waals surface area contributed by atoms with Gasteiger partial charge in [-0.2, -0.15) is 0 Å². The van der Waals surface area contributed by atoms with Crippen LogP contribution in [0.4, 0.5) is 0 Å². The molecule has 0 bridgehead atoms. The molecule has 0 unspecified atom stereocenters. The first-order valence-corrected chi connectivity index (χ1v) is 7.38. The fraction of sp³-hybridized carbons (Fsp3) is 0.308. The fourth-order valence-corrected chi connectivity index (χ4v) is 2.62. The minimum Gasteiger partial charge on any atom is -0.390 e. The number of aliphatic hydroxyl groups is 1. The molecule has 1 N–H and O–H groups in total. The van der Waals surface area contributed by atoms with Gasteiger partial charge in [-0.15, -0.1) is 0 Å². The molecular weight excluding hydrogens is 312 g/mol. The molecule has 3 nitrogen and oxygen atoms in total. The lowest BCUT2D eigenvalue weighted by Crippen LogP contribution is -2.22. The Labute approximate surface area is 119 Å². The SMILES string of the molecule is CC(C)(O)CSc1nccn1-c1ccc(Br)cc1. The van der Waals surface area contributed by atoms with Crippen molar-refractivity contribution in [3.05, 3.63) is 41.1 Å². The summed E-state index contributed by atoms with van der Waals surface area (Å²) in [6.45, 7) is 3.60. The van der Waals surface area contributed by atoms with Gasteiger partial charge in [-0.05, 0) is 38.1 Å². The number of halogens is 1. The van der Waals surface area contributed by atoms with Gasteiger partial charge in [0.2, 0.25) is 0 Å². The van der Waals surface area contributed by atoms with Crippen molar-refractivity contribution in [2.75, 3.05) is 5.75 Å². The van der Waals surface area contributed by atoms with Crippen molar-refractivity contribution in [1.29, 1.82) is 0 Å². The van der Waals surface area contributed by atoms with Crippen LogP contribution in [-0.2, 0) is 0 Å². The molecule has 0 atom stereocenters. The second kappa shape index (κ2) is 5.47. The van der Waals surface area contributed by atoms with E-state index in [0.717, 1.165) is 15.3 Å². The smallest absolute Gasteiger partial charge is 0.172 e. The molecule has 0 fully saturated rings. The lowest BCUT2D eigenvalue weighted by molar-refractivity contribution is 0.107. The zero-order valence-corrected chi connectivity index (χ0v) is 12.7. The Morgan fingerprint density at radius 1 is 1.33 bits per heavy atom. The predicted molar refractivity (Wildman–Crippen MR) is 78.3 cm³/mol. The Hall–Kier alpha value is -0.780. The van der Waals surface area contributed by atoms with Crippen LogP contribution >= 0.6 is 27.7 Å². The van der Waals surface area contributed by atoms with E-state index in [4.69, 9.17) is 0 Å². The number of benzene rings is 1. The molecule has 1 aromatic carbocycles. The number of thioether (sulfide) groups is 1. The van der Waals surface area contributed by atoms with Crippen LogP contribution < -0.4 is 0 Å². The molecule has 0 spiro atoms. The molecule has 1 heterocycles. The maximum atomic E-state index is 9.75. The van der Waals surface area contributed by atoms with Gasteiger partial charge in [0.1, 0.15) is 0 Å². The van der Waals surface area contributed by atoms with Gasteiger partial charge in [0.05, 0.1) is 5.60 Å². The van der Waals surface area contributed by atoms with Crippen molar-refractivity contribution in [1.82, 2.24) is 9.55 Å². The van der Waals surface area contributed by atoms with E-state index in [1.807, 2.05) is 35.0 Å². The molecule has 0 saturated heterocycles. The van der Waals surface area contributed by atoms with E-state index < -0.39 is 5.60 Å². The summed E-state index contributed by atoms with van der Waals surface area (Å²) in [6, 6.07) is 8.05. The average molecular weight is 327 g/mol. The van der Waals surface area contributed by atoms with Crippen LogP contribution in [0.1, 0.15) is 13.8 Å². The van der Waals surface area contributed by atoms with E-state index in [2.05, 4.69) is 20.9 Å². The molecule has 0 radical (unpaired) electrons. The molecule has 0 aliphatic rings. The number of hydrogen-bond donors (Lipinski definition) is 1. The molecule has 0 amide bonds. The summed E-state index contributed by atoms with van der Waals surface area (Å²) in [5.74, 6) is 0.612. The molecule has 0 aliphatic carbocycles. The molecule has 5 heteroatoms. The Kier molecular flexibility index (Phi) is 4.14. The van der Waals surface area contributed by atoms with E-state index in [1.54, 1.807) is 31.8 Å². The fourth-order valence-electron chi connectivity index (χ4n) is 1.44. The highest BCUT2D eigenvalue weighted by molar-refractivity contribution is 9.10. The quantitative estimate of drug-likeness (QED) is 0.874. The number of aromatic nitrogens is 2. The third-order valence-electron chi connectivity index (χ3n) is 2.27. The number of nitrogens with zero attached hydrogens (tertiary/aromatic N) is 2. The van der Waals surface area contributed by atoms with Gasteiger partial charge in [0.25, 0.3) is 0 Å². The first-order chi connectivity index (χ1) is 8.46. The Morgan fingerprint density at radius 3 is 2.61 bits per heavy atom. The van der Waals surface area contributed by atoms with E-state index in [9.17, 15) is 5.11 Å². The van der Waals surface area contributed by atoms with Crippen LogP contribution in [0, 0.1) is 0 Å². The summed E-state index contributed by atoms with van der Waals surface area (Å²) >= 11 is 4.97. The molecule has 1 aromatic heterocycles. The second-order valence-electron chi connectivity index (χ2n) is 4.66. The van der Waals surface area contributed by atoms with Gasteiger partial charge in [-0.1, -0.05) is 27.7 Å². The van der Waals surface area contributed by atoms with E-state index >= 15 is 0 Å². The molecule has 0 saturated carbocycles. The van der Waals surface area contributed by atoms with Crippen LogP contribution in [0.5, 0.6) is 0 Å². The number of rotatable bonds is 4. The van der Waals surface area contributed by atoms with Crippen molar-refractivity contribution in [3.8, 4) is 5.69 Å². The third-order valence-corrected chi connectivity index (χ3v) is 4.21. The van der Waals surface area contributed by atoms with Crippen LogP contribution in [0.25, 0.3) is 5.69 Å². The van der Waals surface area contributed by atoms with E-state index in [0.29, 0.717) is 5.75 Å². The molecule has 2 rings (SSSR count). The van der Waals surface area contributed by atoms with Crippen LogP contribution in [0.3, 0.4) is 0 Å². The lowest BCUT2D eigenvalue weighted by atomic mass is 10.2. The lowest BCUT2D eigenvalue weighted by Gasteiger charge is -2.16. The average Bonchev–Trinajstić information content (AvgIpc) is 2.75.